The van der Waals surface area contributed by atoms with E-state index in [0.29, 0.717) is 18.2 Å². The maximum atomic E-state index is 6.13. The standard InChI is InChI=1S/C13H22ClN3O/c1-5-15-8-12-11(14)6-7-13(16-12)17(3)10(2)9-18-4/h6-7,10,15H,5,8-9H2,1-4H3. The average Bonchev–Trinajstić information content (AvgIpc) is 2.37. The topological polar surface area (TPSA) is 37.4 Å². The van der Waals surface area contributed by atoms with Crippen LogP contribution in [0.2, 0.25) is 5.02 Å². The number of rotatable bonds is 7. The van der Waals surface area contributed by atoms with Crippen molar-refractivity contribution in [3.63, 3.8) is 0 Å². The Bertz CT molecular complexity index is 373. The van der Waals surface area contributed by atoms with E-state index in [2.05, 4.69) is 29.0 Å². The zero-order valence-electron chi connectivity index (χ0n) is 11.5. The van der Waals surface area contributed by atoms with Gasteiger partial charge in [0.1, 0.15) is 5.82 Å². The van der Waals surface area contributed by atoms with Crippen molar-refractivity contribution >= 4 is 17.4 Å². The molecular formula is C13H22ClN3O. The molecule has 18 heavy (non-hydrogen) atoms. The fourth-order valence-electron chi connectivity index (χ4n) is 1.62. The van der Waals surface area contributed by atoms with Gasteiger partial charge >= 0.3 is 0 Å². The SMILES string of the molecule is CCNCc1nc(N(C)C(C)COC)ccc1Cl. The molecule has 1 unspecified atom stereocenters. The van der Waals surface area contributed by atoms with Crippen LogP contribution in [0, 0.1) is 0 Å². The predicted molar refractivity (Wildman–Crippen MR) is 76.4 cm³/mol. The Hall–Kier alpha value is -0.840. The monoisotopic (exact) mass is 271 g/mol. The third-order valence-electron chi connectivity index (χ3n) is 2.88. The minimum Gasteiger partial charge on any atom is -0.383 e. The Labute approximate surface area is 114 Å². The highest BCUT2D eigenvalue weighted by atomic mass is 35.5. The third-order valence-corrected chi connectivity index (χ3v) is 3.22. The number of nitrogens with one attached hydrogen (secondary N) is 1. The van der Waals surface area contributed by atoms with Gasteiger partial charge in [-0.05, 0) is 25.6 Å². The maximum absolute atomic E-state index is 6.13. The maximum Gasteiger partial charge on any atom is 0.129 e. The first-order valence-electron chi connectivity index (χ1n) is 6.18. The molecule has 0 spiro atoms. The Morgan fingerprint density at radius 2 is 2.22 bits per heavy atom. The molecule has 5 heteroatoms. The smallest absolute Gasteiger partial charge is 0.129 e. The molecule has 0 radical (unpaired) electrons. The van der Waals surface area contributed by atoms with Crippen LogP contribution in [0.3, 0.4) is 0 Å². The molecular weight excluding hydrogens is 250 g/mol. The number of pyridine rings is 1. The molecule has 1 N–H and O–H groups in total. The van der Waals surface area contributed by atoms with Crippen LogP contribution in [-0.4, -0.2) is 38.3 Å². The van der Waals surface area contributed by atoms with Gasteiger partial charge in [0.25, 0.3) is 0 Å². The van der Waals surface area contributed by atoms with E-state index < -0.39 is 0 Å². The lowest BCUT2D eigenvalue weighted by atomic mass is 10.3. The van der Waals surface area contributed by atoms with E-state index in [1.54, 1.807) is 7.11 Å². The summed E-state index contributed by atoms with van der Waals surface area (Å²) < 4.78 is 5.16. The van der Waals surface area contributed by atoms with Gasteiger partial charge in [-0.3, -0.25) is 0 Å². The molecule has 1 atom stereocenters. The molecule has 1 rings (SSSR count). The van der Waals surface area contributed by atoms with Crippen LogP contribution in [0.1, 0.15) is 19.5 Å². The largest absolute Gasteiger partial charge is 0.383 e. The molecule has 0 amide bonds. The molecule has 4 nitrogen and oxygen atoms in total. The molecule has 0 saturated heterocycles. The van der Waals surface area contributed by atoms with Gasteiger partial charge in [0.15, 0.2) is 0 Å². The van der Waals surface area contributed by atoms with E-state index in [1.807, 2.05) is 19.2 Å². The van der Waals surface area contributed by atoms with Crippen molar-refractivity contribution in [1.29, 1.82) is 0 Å². The normalized spacial score (nSPS) is 12.5. The first-order chi connectivity index (χ1) is 8.60. The first-order valence-corrected chi connectivity index (χ1v) is 6.55. The molecule has 0 aliphatic rings. The van der Waals surface area contributed by atoms with Crippen LogP contribution < -0.4 is 10.2 Å². The van der Waals surface area contributed by atoms with Gasteiger partial charge in [-0.2, -0.15) is 0 Å². The summed E-state index contributed by atoms with van der Waals surface area (Å²) in [7, 11) is 3.72. The van der Waals surface area contributed by atoms with E-state index in [1.165, 1.54) is 0 Å². The van der Waals surface area contributed by atoms with Gasteiger partial charge in [-0.1, -0.05) is 18.5 Å². The Kier molecular flexibility index (Phi) is 6.39. The number of halogens is 1. The summed E-state index contributed by atoms with van der Waals surface area (Å²) in [5.41, 5.74) is 0.882. The van der Waals surface area contributed by atoms with Crippen molar-refractivity contribution < 1.29 is 4.74 Å². The van der Waals surface area contributed by atoms with E-state index >= 15 is 0 Å². The fourth-order valence-corrected chi connectivity index (χ4v) is 1.79. The minimum absolute atomic E-state index is 0.274. The number of nitrogens with zero attached hydrogens (tertiary/aromatic N) is 2. The van der Waals surface area contributed by atoms with E-state index in [4.69, 9.17) is 16.3 Å². The number of anilines is 1. The van der Waals surface area contributed by atoms with Crippen LogP contribution in [0.5, 0.6) is 0 Å². The molecule has 0 saturated carbocycles. The van der Waals surface area contributed by atoms with Crippen molar-refractivity contribution in [3.05, 3.63) is 22.8 Å². The highest BCUT2D eigenvalue weighted by Gasteiger charge is 2.12. The molecule has 0 aliphatic carbocycles. The molecule has 1 aromatic heterocycles. The second-order valence-electron chi connectivity index (χ2n) is 4.29. The zero-order valence-corrected chi connectivity index (χ0v) is 12.3. The molecule has 0 aromatic carbocycles. The minimum atomic E-state index is 0.274. The molecule has 1 heterocycles. The van der Waals surface area contributed by atoms with Gasteiger partial charge in [0.2, 0.25) is 0 Å². The van der Waals surface area contributed by atoms with Crippen LogP contribution >= 0.6 is 11.6 Å². The van der Waals surface area contributed by atoms with Gasteiger partial charge in [-0.25, -0.2) is 4.98 Å². The Balaban J connectivity index is 2.82. The predicted octanol–water partition coefficient (Wildman–Crippen LogP) is 2.32. The molecule has 0 fully saturated rings. The highest BCUT2D eigenvalue weighted by Crippen LogP contribution is 2.19. The highest BCUT2D eigenvalue weighted by molar-refractivity contribution is 6.31. The van der Waals surface area contributed by atoms with Crippen LogP contribution in [-0.2, 0) is 11.3 Å². The lowest BCUT2D eigenvalue weighted by Gasteiger charge is -2.25. The number of aromatic nitrogens is 1. The summed E-state index contributed by atoms with van der Waals surface area (Å²) >= 11 is 6.13. The number of methoxy groups -OCH3 is 1. The van der Waals surface area contributed by atoms with Gasteiger partial charge < -0.3 is 15.0 Å². The van der Waals surface area contributed by atoms with Crippen LogP contribution in [0.25, 0.3) is 0 Å². The lowest BCUT2D eigenvalue weighted by molar-refractivity contribution is 0.183. The summed E-state index contributed by atoms with van der Waals surface area (Å²) in [6.45, 7) is 6.42. The molecule has 0 bridgehead atoms. The molecule has 102 valence electrons. The zero-order chi connectivity index (χ0) is 13.5. The number of hydrogen-bond donors (Lipinski definition) is 1. The summed E-state index contributed by atoms with van der Waals surface area (Å²) in [5, 5.41) is 3.94. The summed E-state index contributed by atoms with van der Waals surface area (Å²) in [6, 6.07) is 4.10. The summed E-state index contributed by atoms with van der Waals surface area (Å²) in [5.74, 6) is 0.914. The summed E-state index contributed by atoms with van der Waals surface area (Å²) in [6.07, 6.45) is 0. The lowest BCUT2D eigenvalue weighted by Crippen LogP contribution is -2.33. The molecule has 1 aromatic rings. The van der Waals surface area contributed by atoms with E-state index in [9.17, 15) is 0 Å². The summed E-state index contributed by atoms with van der Waals surface area (Å²) in [4.78, 5) is 6.68. The van der Waals surface area contributed by atoms with Crippen LogP contribution in [0.15, 0.2) is 12.1 Å². The third kappa shape index (κ3) is 4.12. The van der Waals surface area contributed by atoms with Gasteiger partial charge in [0.05, 0.1) is 23.4 Å². The number of hydrogen-bond acceptors (Lipinski definition) is 4. The first kappa shape index (κ1) is 15.2. The molecule has 0 aliphatic heterocycles. The average molecular weight is 272 g/mol. The van der Waals surface area contributed by atoms with E-state index in [-0.39, 0.29) is 6.04 Å². The van der Waals surface area contributed by atoms with E-state index in [0.717, 1.165) is 18.1 Å². The fraction of sp³-hybridized carbons (Fsp3) is 0.615. The van der Waals surface area contributed by atoms with Gasteiger partial charge in [0, 0.05) is 20.7 Å². The Morgan fingerprint density at radius 3 is 2.83 bits per heavy atom. The van der Waals surface area contributed by atoms with Crippen LogP contribution in [0.4, 0.5) is 5.82 Å². The van der Waals surface area contributed by atoms with Crippen molar-refractivity contribution in [1.82, 2.24) is 10.3 Å². The van der Waals surface area contributed by atoms with Crippen molar-refractivity contribution in [3.8, 4) is 0 Å². The number of ether oxygens (including phenoxy) is 1. The Morgan fingerprint density at radius 1 is 1.50 bits per heavy atom. The van der Waals surface area contributed by atoms with Crippen molar-refractivity contribution in [2.75, 3.05) is 32.2 Å². The number of likely N-dealkylation sites (N-methyl/N-ethyl adjacent to an activating group) is 1. The second kappa shape index (κ2) is 7.56. The van der Waals surface area contributed by atoms with Gasteiger partial charge in [-0.15, -0.1) is 0 Å². The van der Waals surface area contributed by atoms with Crippen molar-refractivity contribution in [2.24, 2.45) is 0 Å². The second-order valence-corrected chi connectivity index (χ2v) is 4.70. The quantitative estimate of drug-likeness (QED) is 0.826. The van der Waals surface area contributed by atoms with Crippen molar-refractivity contribution in [2.45, 2.75) is 26.4 Å².